The summed E-state index contributed by atoms with van der Waals surface area (Å²) in [4.78, 5) is 18.7. The van der Waals surface area contributed by atoms with E-state index in [0.29, 0.717) is 18.0 Å². The van der Waals surface area contributed by atoms with Gasteiger partial charge in [0, 0.05) is 31.5 Å². The number of para-hydroxylation sites is 1. The molecule has 3 rings (SSSR count). The van der Waals surface area contributed by atoms with Crippen LogP contribution in [-0.4, -0.2) is 30.5 Å². The van der Waals surface area contributed by atoms with Crippen LogP contribution in [0.3, 0.4) is 0 Å². The number of nitrogens with zero attached hydrogens (tertiary/aromatic N) is 2. The van der Waals surface area contributed by atoms with Crippen LogP contribution in [0.1, 0.15) is 23.2 Å². The molecule has 1 aromatic carbocycles. The Morgan fingerprint density at radius 1 is 1.24 bits per heavy atom. The smallest absolute Gasteiger partial charge is 0.253 e. The highest BCUT2D eigenvalue weighted by molar-refractivity contribution is 5.94. The van der Waals surface area contributed by atoms with Crippen molar-refractivity contribution in [1.82, 2.24) is 10.3 Å². The first-order valence-corrected chi connectivity index (χ1v) is 7.95. The van der Waals surface area contributed by atoms with Crippen molar-refractivity contribution in [3.63, 3.8) is 0 Å². The highest BCUT2D eigenvalue weighted by Gasteiger charge is 2.31. The maximum Gasteiger partial charge on any atom is 0.253 e. The van der Waals surface area contributed by atoms with E-state index in [1.807, 2.05) is 48.3 Å². The molecular weight excluding hydrogens is 359 g/mol. The second-order valence-corrected chi connectivity index (χ2v) is 5.95. The third-order valence-corrected chi connectivity index (χ3v) is 4.26. The van der Waals surface area contributed by atoms with Crippen LogP contribution >= 0.6 is 24.8 Å². The number of carbonyl (C=O) groups excluding carboxylic acids is 1. The summed E-state index contributed by atoms with van der Waals surface area (Å²) < 4.78 is 0. The first kappa shape index (κ1) is 21.2. The number of rotatable bonds is 6. The molecule has 0 aliphatic heterocycles. The molecule has 0 spiro atoms. The summed E-state index contributed by atoms with van der Waals surface area (Å²) in [6.45, 7) is 0.485. The molecule has 7 heteroatoms. The molecule has 1 atom stereocenters. The fraction of sp³-hybridized carbons (Fsp3) is 0.333. The minimum absolute atomic E-state index is 0. The topological polar surface area (TPSA) is 71.2 Å². The zero-order chi connectivity index (χ0) is 16.2. The largest absolute Gasteiger partial charge is 0.348 e. The van der Waals surface area contributed by atoms with E-state index in [1.165, 1.54) is 0 Å². The van der Waals surface area contributed by atoms with E-state index in [4.69, 9.17) is 5.73 Å². The minimum atomic E-state index is -0.103. The van der Waals surface area contributed by atoms with Gasteiger partial charge < -0.3 is 16.0 Å². The lowest BCUT2D eigenvalue weighted by Crippen LogP contribution is -2.41. The van der Waals surface area contributed by atoms with Gasteiger partial charge in [-0.05, 0) is 43.0 Å². The molecule has 2 aromatic rings. The average Bonchev–Trinajstić information content (AvgIpc) is 3.44. The van der Waals surface area contributed by atoms with E-state index in [-0.39, 0.29) is 36.8 Å². The Balaban J connectivity index is 0.00000156. The normalized spacial score (nSPS) is 13.8. The van der Waals surface area contributed by atoms with E-state index < -0.39 is 0 Å². The third-order valence-electron chi connectivity index (χ3n) is 4.26. The number of nitrogens with two attached hydrogens (primary N) is 1. The van der Waals surface area contributed by atoms with Gasteiger partial charge >= 0.3 is 0 Å². The standard InChI is InChI=1S/C18H22N4O.2ClH/c1-22(15-5-3-2-4-6-15)17-10-9-14(12-20-17)18(23)21-16(11-19)13-7-8-13;;/h2-6,9-10,12-13,16H,7-8,11,19H2,1H3,(H,21,23);2*1H. The SMILES string of the molecule is CN(c1ccccc1)c1ccc(C(=O)NC(CN)C2CC2)cn1.Cl.Cl. The van der Waals surface area contributed by atoms with Crippen LogP contribution in [0.15, 0.2) is 48.7 Å². The Labute approximate surface area is 160 Å². The van der Waals surface area contributed by atoms with Gasteiger partial charge in [-0.3, -0.25) is 4.79 Å². The van der Waals surface area contributed by atoms with E-state index in [1.54, 1.807) is 12.3 Å². The van der Waals surface area contributed by atoms with Crippen molar-refractivity contribution in [2.75, 3.05) is 18.5 Å². The maximum absolute atomic E-state index is 12.3. The Morgan fingerprint density at radius 3 is 2.44 bits per heavy atom. The average molecular weight is 383 g/mol. The number of hydrogen-bond acceptors (Lipinski definition) is 4. The van der Waals surface area contributed by atoms with Crippen LogP contribution in [0, 0.1) is 5.92 Å². The molecule has 0 bridgehead atoms. The lowest BCUT2D eigenvalue weighted by molar-refractivity contribution is 0.0933. The molecule has 25 heavy (non-hydrogen) atoms. The third kappa shape index (κ3) is 5.33. The molecule has 1 unspecified atom stereocenters. The predicted molar refractivity (Wildman–Crippen MR) is 106 cm³/mol. The van der Waals surface area contributed by atoms with Crippen molar-refractivity contribution in [3.8, 4) is 0 Å². The Kier molecular flexibility index (Phi) is 8.16. The van der Waals surface area contributed by atoms with Crippen LogP contribution < -0.4 is 16.0 Å². The van der Waals surface area contributed by atoms with Gasteiger partial charge in [-0.1, -0.05) is 18.2 Å². The van der Waals surface area contributed by atoms with Gasteiger partial charge in [0.15, 0.2) is 0 Å². The van der Waals surface area contributed by atoms with Gasteiger partial charge in [-0.15, -0.1) is 24.8 Å². The van der Waals surface area contributed by atoms with E-state index >= 15 is 0 Å². The lowest BCUT2D eigenvalue weighted by Gasteiger charge is -2.19. The van der Waals surface area contributed by atoms with Gasteiger partial charge in [0.25, 0.3) is 5.91 Å². The molecule has 1 heterocycles. The number of anilines is 2. The molecule has 1 amide bonds. The van der Waals surface area contributed by atoms with Gasteiger partial charge in [0.2, 0.25) is 0 Å². The van der Waals surface area contributed by atoms with Crippen molar-refractivity contribution in [2.24, 2.45) is 11.7 Å². The van der Waals surface area contributed by atoms with Gasteiger partial charge in [0.1, 0.15) is 5.82 Å². The summed E-state index contributed by atoms with van der Waals surface area (Å²) in [5, 5.41) is 3.01. The molecule has 3 N–H and O–H groups in total. The molecule has 1 aliphatic carbocycles. The quantitative estimate of drug-likeness (QED) is 0.804. The van der Waals surface area contributed by atoms with Crippen LogP contribution in [-0.2, 0) is 0 Å². The number of nitrogens with one attached hydrogen (secondary N) is 1. The summed E-state index contributed by atoms with van der Waals surface area (Å²) in [5.74, 6) is 1.24. The van der Waals surface area contributed by atoms with Crippen molar-refractivity contribution < 1.29 is 4.79 Å². The highest BCUT2D eigenvalue weighted by atomic mass is 35.5. The second kappa shape index (κ2) is 9.61. The molecule has 136 valence electrons. The number of carbonyl (C=O) groups is 1. The Morgan fingerprint density at radius 2 is 1.92 bits per heavy atom. The fourth-order valence-electron chi connectivity index (χ4n) is 2.62. The zero-order valence-electron chi connectivity index (χ0n) is 14.1. The number of aromatic nitrogens is 1. The lowest BCUT2D eigenvalue weighted by atomic mass is 10.1. The van der Waals surface area contributed by atoms with Crippen molar-refractivity contribution in [1.29, 1.82) is 0 Å². The van der Waals surface area contributed by atoms with Crippen molar-refractivity contribution in [2.45, 2.75) is 18.9 Å². The number of hydrogen-bond donors (Lipinski definition) is 2. The van der Waals surface area contributed by atoms with Crippen LogP contribution in [0.4, 0.5) is 11.5 Å². The first-order valence-electron chi connectivity index (χ1n) is 7.95. The Bertz CT molecular complexity index is 663. The maximum atomic E-state index is 12.3. The van der Waals surface area contributed by atoms with Crippen molar-refractivity contribution in [3.05, 3.63) is 54.2 Å². The summed E-state index contributed by atoms with van der Waals surface area (Å²) in [7, 11) is 1.95. The molecule has 0 radical (unpaired) electrons. The monoisotopic (exact) mass is 382 g/mol. The van der Waals surface area contributed by atoms with Gasteiger partial charge in [0.05, 0.1) is 5.56 Å². The van der Waals surface area contributed by atoms with Gasteiger partial charge in [-0.2, -0.15) is 0 Å². The van der Waals surface area contributed by atoms with Crippen LogP contribution in [0.2, 0.25) is 0 Å². The molecule has 1 fully saturated rings. The van der Waals surface area contributed by atoms with E-state index in [0.717, 1.165) is 24.3 Å². The molecule has 5 nitrogen and oxygen atoms in total. The van der Waals surface area contributed by atoms with Crippen LogP contribution in [0.25, 0.3) is 0 Å². The number of halogens is 2. The van der Waals surface area contributed by atoms with Crippen LogP contribution in [0.5, 0.6) is 0 Å². The molecule has 1 aliphatic rings. The highest BCUT2D eigenvalue weighted by Crippen LogP contribution is 2.32. The van der Waals surface area contributed by atoms with Gasteiger partial charge in [-0.25, -0.2) is 4.98 Å². The molecular formula is C18H24Cl2N4O. The summed E-state index contributed by atoms with van der Waals surface area (Å²) >= 11 is 0. The molecule has 0 saturated heterocycles. The zero-order valence-corrected chi connectivity index (χ0v) is 15.7. The summed E-state index contributed by atoms with van der Waals surface area (Å²) in [6, 6.07) is 13.7. The number of benzene rings is 1. The molecule has 1 aromatic heterocycles. The number of amides is 1. The van der Waals surface area contributed by atoms with E-state index in [2.05, 4.69) is 10.3 Å². The minimum Gasteiger partial charge on any atom is -0.348 e. The first-order chi connectivity index (χ1) is 11.2. The molecule has 1 saturated carbocycles. The summed E-state index contributed by atoms with van der Waals surface area (Å²) in [6.07, 6.45) is 3.92. The summed E-state index contributed by atoms with van der Waals surface area (Å²) in [5.41, 5.74) is 7.35. The second-order valence-electron chi connectivity index (χ2n) is 5.95. The number of pyridine rings is 1. The fourth-order valence-corrected chi connectivity index (χ4v) is 2.62. The van der Waals surface area contributed by atoms with Crippen molar-refractivity contribution >= 4 is 42.2 Å². The van der Waals surface area contributed by atoms with E-state index in [9.17, 15) is 4.79 Å². The Hall–Kier alpha value is -1.82. The predicted octanol–water partition coefficient (Wildman–Crippen LogP) is 3.16.